The van der Waals surface area contributed by atoms with Gasteiger partial charge >= 0.3 is 0 Å². The summed E-state index contributed by atoms with van der Waals surface area (Å²) in [5, 5.41) is 2.67. The summed E-state index contributed by atoms with van der Waals surface area (Å²) in [6, 6.07) is 11.2. The van der Waals surface area contributed by atoms with Gasteiger partial charge in [0.1, 0.15) is 5.82 Å². The lowest BCUT2D eigenvalue weighted by atomic mass is 10.1. The van der Waals surface area contributed by atoms with Crippen LogP contribution in [0.1, 0.15) is 15.9 Å². The highest BCUT2D eigenvalue weighted by Crippen LogP contribution is 2.27. The molecule has 5 heteroatoms. The maximum Gasteiger partial charge on any atom is 0.251 e. The Hall–Kier alpha value is -2.56. The number of halogens is 1. The van der Waals surface area contributed by atoms with Gasteiger partial charge in [0, 0.05) is 17.7 Å². The van der Waals surface area contributed by atoms with Gasteiger partial charge in [-0.25, -0.2) is 4.39 Å². The third kappa shape index (κ3) is 3.51. The second-order valence-corrected chi connectivity index (χ2v) is 4.34. The van der Waals surface area contributed by atoms with E-state index in [0.29, 0.717) is 22.6 Å². The zero-order valence-corrected chi connectivity index (χ0v) is 11.9. The lowest BCUT2D eigenvalue weighted by Gasteiger charge is -2.10. The molecule has 0 spiro atoms. The molecule has 0 aliphatic rings. The molecule has 0 saturated heterocycles. The standard InChI is InChI=1S/C16H16FNO3/c1-20-14-8-7-11(9-15(14)21-2)16(19)18-10-12-5-3-4-6-13(12)17/h3-9H,10H2,1-2H3,(H,18,19). The van der Waals surface area contributed by atoms with Crippen molar-refractivity contribution < 1.29 is 18.7 Å². The van der Waals surface area contributed by atoms with E-state index in [4.69, 9.17) is 9.47 Å². The average Bonchev–Trinajstić information content (AvgIpc) is 2.53. The molecule has 0 bridgehead atoms. The third-order valence-corrected chi connectivity index (χ3v) is 3.04. The van der Waals surface area contributed by atoms with Crippen molar-refractivity contribution in [3.05, 3.63) is 59.4 Å². The van der Waals surface area contributed by atoms with E-state index in [1.807, 2.05) is 0 Å². The molecule has 0 atom stereocenters. The van der Waals surface area contributed by atoms with E-state index >= 15 is 0 Å². The number of carbonyl (C=O) groups excluding carboxylic acids is 1. The van der Waals surface area contributed by atoms with Crippen LogP contribution in [0.4, 0.5) is 4.39 Å². The van der Waals surface area contributed by atoms with E-state index in [2.05, 4.69) is 5.32 Å². The van der Waals surface area contributed by atoms with E-state index in [9.17, 15) is 9.18 Å². The van der Waals surface area contributed by atoms with Crippen molar-refractivity contribution in [2.45, 2.75) is 6.54 Å². The van der Waals surface area contributed by atoms with Crippen LogP contribution in [0, 0.1) is 5.82 Å². The fraction of sp³-hybridized carbons (Fsp3) is 0.188. The Morgan fingerprint density at radius 3 is 2.48 bits per heavy atom. The summed E-state index contributed by atoms with van der Waals surface area (Å²) in [5.74, 6) is 0.364. The minimum atomic E-state index is -0.342. The summed E-state index contributed by atoms with van der Waals surface area (Å²) in [6.45, 7) is 0.125. The molecule has 2 aromatic rings. The Labute approximate surface area is 122 Å². The SMILES string of the molecule is COc1ccc(C(=O)NCc2ccccc2F)cc1OC. The van der Waals surface area contributed by atoms with Gasteiger partial charge in [-0.15, -0.1) is 0 Å². The van der Waals surface area contributed by atoms with Crippen LogP contribution in [0.2, 0.25) is 0 Å². The van der Waals surface area contributed by atoms with Crippen LogP contribution in [0.25, 0.3) is 0 Å². The summed E-state index contributed by atoms with van der Waals surface area (Å²) >= 11 is 0. The number of amides is 1. The van der Waals surface area contributed by atoms with Gasteiger partial charge in [0.15, 0.2) is 11.5 Å². The first-order chi connectivity index (χ1) is 10.2. The van der Waals surface area contributed by atoms with Gasteiger partial charge < -0.3 is 14.8 Å². The number of carbonyl (C=O) groups is 1. The van der Waals surface area contributed by atoms with Crippen molar-refractivity contribution >= 4 is 5.91 Å². The van der Waals surface area contributed by atoms with E-state index in [-0.39, 0.29) is 18.3 Å². The zero-order chi connectivity index (χ0) is 15.2. The minimum Gasteiger partial charge on any atom is -0.493 e. The highest BCUT2D eigenvalue weighted by molar-refractivity contribution is 5.94. The van der Waals surface area contributed by atoms with E-state index in [0.717, 1.165) is 0 Å². The fourth-order valence-electron chi connectivity index (χ4n) is 1.90. The van der Waals surface area contributed by atoms with Crippen LogP contribution >= 0.6 is 0 Å². The number of rotatable bonds is 5. The van der Waals surface area contributed by atoms with Crippen LogP contribution in [0.5, 0.6) is 11.5 Å². The topological polar surface area (TPSA) is 47.6 Å². The second kappa shape index (κ2) is 6.74. The first-order valence-electron chi connectivity index (χ1n) is 6.39. The Kier molecular flexibility index (Phi) is 4.77. The van der Waals surface area contributed by atoms with Crippen LogP contribution in [-0.2, 0) is 6.54 Å². The number of ether oxygens (including phenoxy) is 2. The molecule has 0 radical (unpaired) electrons. The normalized spacial score (nSPS) is 10.0. The predicted molar refractivity (Wildman–Crippen MR) is 77.1 cm³/mol. The lowest BCUT2D eigenvalue weighted by molar-refractivity contribution is 0.0950. The highest BCUT2D eigenvalue weighted by atomic mass is 19.1. The van der Waals surface area contributed by atoms with Crippen LogP contribution in [0.3, 0.4) is 0 Å². The largest absolute Gasteiger partial charge is 0.493 e. The second-order valence-electron chi connectivity index (χ2n) is 4.34. The number of hydrogen-bond donors (Lipinski definition) is 1. The van der Waals surface area contributed by atoms with Crippen LogP contribution in [0.15, 0.2) is 42.5 Å². The van der Waals surface area contributed by atoms with Gasteiger partial charge in [0.25, 0.3) is 5.91 Å². The predicted octanol–water partition coefficient (Wildman–Crippen LogP) is 2.77. The summed E-state index contributed by atoms with van der Waals surface area (Å²) in [4.78, 5) is 12.1. The molecule has 2 aromatic carbocycles. The molecule has 1 amide bonds. The lowest BCUT2D eigenvalue weighted by Crippen LogP contribution is -2.23. The Balaban J connectivity index is 2.09. The number of hydrogen-bond acceptors (Lipinski definition) is 3. The van der Waals surface area contributed by atoms with Crippen molar-refractivity contribution in [3.63, 3.8) is 0 Å². The van der Waals surface area contributed by atoms with E-state index < -0.39 is 0 Å². The van der Waals surface area contributed by atoms with Crippen molar-refractivity contribution in [2.75, 3.05) is 14.2 Å². The average molecular weight is 289 g/mol. The van der Waals surface area contributed by atoms with E-state index in [1.54, 1.807) is 36.4 Å². The molecule has 0 aliphatic heterocycles. The van der Waals surface area contributed by atoms with Gasteiger partial charge in [-0.05, 0) is 24.3 Å². The first-order valence-corrected chi connectivity index (χ1v) is 6.39. The number of benzene rings is 2. The smallest absolute Gasteiger partial charge is 0.251 e. The number of nitrogens with one attached hydrogen (secondary N) is 1. The minimum absolute atomic E-state index is 0.125. The Morgan fingerprint density at radius 2 is 1.81 bits per heavy atom. The summed E-state index contributed by atoms with van der Waals surface area (Å²) in [5.41, 5.74) is 0.857. The maximum atomic E-state index is 13.5. The summed E-state index contributed by atoms with van der Waals surface area (Å²) < 4.78 is 23.7. The summed E-state index contributed by atoms with van der Waals surface area (Å²) in [7, 11) is 3.02. The molecule has 110 valence electrons. The van der Waals surface area contributed by atoms with Crippen molar-refractivity contribution in [2.24, 2.45) is 0 Å². The Bertz CT molecular complexity index is 643. The zero-order valence-electron chi connectivity index (χ0n) is 11.9. The Morgan fingerprint density at radius 1 is 1.10 bits per heavy atom. The van der Waals surface area contributed by atoms with Crippen LogP contribution in [-0.4, -0.2) is 20.1 Å². The molecule has 0 heterocycles. The van der Waals surface area contributed by atoms with Gasteiger partial charge in [0.2, 0.25) is 0 Å². The third-order valence-electron chi connectivity index (χ3n) is 3.04. The molecule has 2 rings (SSSR count). The molecular weight excluding hydrogens is 273 g/mol. The van der Waals surface area contributed by atoms with Gasteiger partial charge in [-0.2, -0.15) is 0 Å². The van der Waals surface area contributed by atoms with Gasteiger partial charge in [0.05, 0.1) is 14.2 Å². The highest BCUT2D eigenvalue weighted by Gasteiger charge is 2.11. The maximum absolute atomic E-state index is 13.5. The molecular formula is C16H16FNO3. The molecule has 0 aliphatic carbocycles. The first kappa shape index (κ1) is 14.8. The molecule has 0 unspecified atom stereocenters. The molecule has 1 N–H and O–H groups in total. The molecule has 0 fully saturated rings. The van der Waals surface area contributed by atoms with Crippen molar-refractivity contribution in [3.8, 4) is 11.5 Å². The quantitative estimate of drug-likeness (QED) is 0.920. The fourth-order valence-corrected chi connectivity index (χ4v) is 1.90. The number of methoxy groups -OCH3 is 2. The summed E-state index contributed by atoms with van der Waals surface area (Å²) in [6.07, 6.45) is 0. The van der Waals surface area contributed by atoms with E-state index in [1.165, 1.54) is 20.3 Å². The van der Waals surface area contributed by atoms with Crippen LogP contribution < -0.4 is 14.8 Å². The van der Waals surface area contributed by atoms with Crippen molar-refractivity contribution in [1.29, 1.82) is 0 Å². The monoisotopic (exact) mass is 289 g/mol. The van der Waals surface area contributed by atoms with Gasteiger partial charge in [-0.1, -0.05) is 18.2 Å². The molecule has 0 aromatic heterocycles. The molecule has 0 saturated carbocycles. The molecule has 21 heavy (non-hydrogen) atoms. The molecule has 4 nitrogen and oxygen atoms in total. The van der Waals surface area contributed by atoms with Crippen molar-refractivity contribution in [1.82, 2.24) is 5.32 Å². The van der Waals surface area contributed by atoms with Gasteiger partial charge in [-0.3, -0.25) is 4.79 Å².